The number of rotatable bonds is 2. The molecule has 2 aliphatic rings. The first-order chi connectivity index (χ1) is 13.4. The molecule has 0 aliphatic heterocycles. The number of ketones is 1. The number of hydrogen-bond donors (Lipinski definition) is 0. The molecule has 0 heterocycles. The van der Waals surface area contributed by atoms with Crippen molar-refractivity contribution >= 4 is 5.78 Å². The Morgan fingerprint density at radius 1 is 0.966 bits per heavy atom. The van der Waals surface area contributed by atoms with E-state index < -0.39 is 0 Å². The van der Waals surface area contributed by atoms with Gasteiger partial charge in [-0.05, 0) is 78.2 Å². The van der Waals surface area contributed by atoms with Crippen LogP contribution >= 0.6 is 0 Å². The molecule has 1 nitrogen and oxygen atoms in total. The highest BCUT2D eigenvalue weighted by molar-refractivity contribution is 5.99. The third-order valence-corrected chi connectivity index (χ3v) is 5.85. The Balaban J connectivity index is 0.000000360. The average Bonchev–Trinajstić information content (AvgIpc) is 2.63. The molecular weight excluding hydrogens is 359 g/mol. The van der Waals surface area contributed by atoms with E-state index in [1.807, 2.05) is 24.3 Å². The molecule has 0 saturated carbocycles. The van der Waals surface area contributed by atoms with Crippen LogP contribution in [0.5, 0.6) is 0 Å². The van der Waals surface area contributed by atoms with E-state index in [1.165, 1.54) is 18.4 Å². The molecular formula is C27H37FO. The van der Waals surface area contributed by atoms with Gasteiger partial charge >= 0.3 is 0 Å². The number of carbonyl (C=O) groups is 1. The van der Waals surface area contributed by atoms with Gasteiger partial charge in [0, 0.05) is 0 Å². The van der Waals surface area contributed by atoms with Crippen LogP contribution < -0.4 is 0 Å². The maximum atomic E-state index is 13.1. The summed E-state index contributed by atoms with van der Waals surface area (Å²) in [6.07, 6.45) is 13.8. The van der Waals surface area contributed by atoms with Crippen LogP contribution in [0, 0.1) is 28.5 Å². The molecule has 1 aromatic rings. The van der Waals surface area contributed by atoms with Crippen molar-refractivity contribution in [3.63, 3.8) is 0 Å². The monoisotopic (exact) mass is 396 g/mol. The highest BCUT2D eigenvalue weighted by atomic mass is 19.1. The second kappa shape index (κ2) is 9.69. The van der Waals surface area contributed by atoms with Gasteiger partial charge in [-0.2, -0.15) is 0 Å². The van der Waals surface area contributed by atoms with Crippen molar-refractivity contribution in [2.24, 2.45) is 22.7 Å². The zero-order valence-electron chi connectivity index (χ0n) is 19.0. The highest BCUT2D eigenvalue weighted by Crippen LogP contribution is 2.44. The summed E-state index contributed by atoms with van der Waals surface area (Å²) in [6, 6.07) is 7.05. The van der Waals surface area contributed by atoms with Crippen LogP contribution in [0.2, 0.25) is 0 Å². The first-order valence-electron chi connectivity index (χ1n) is 10.8. The van der Waals surface area contributed by atoms with Gasteiger partial charge in [-0.25, -0.2) is 4.39 Å². The molecule has 0 fully saturated rings. The van der Waals surface area contributed by atoms with Gasteiger partial charge in [-0.1, -0.05) is 77.5 Å². The average molecular weight is 397 g/mol. The third-order valence-electron chi connectivity index (χ3n) is 5.85. The van der Waals surface area contributed by atoms with Crippen molar-refractivity contribution in [2.75, 3.05) is 0 Å². The molecule has 1 aromatic carbocycles. The predicted molar refractivity (Wildman–Crippen MR) is 121 cm³/mol. The maximum absolute atomic E-state index is 13.1. The number of benzene rings is 1. The second-order valence-electron chi connectivity index (χ2n) is 10.5. The van der Waals surface area contributed by atoms with E-state index >= 15 is 0 Å². The molecule has 0 saturated heterocycles. The Labute approximate surface area is 176 Å². The molecule has 2 unspecified atom stereocenters. The molecule has 3 rings (SSSR count). The minimum absolute atomic E-state index is 0.103. The Morgan fingerprint density at radius 3 is 2.00 bits per heavy atom. The summed E-state index contributed by atoms with van der Waals surface area (Å²) in [6.45, 7) is 14.0. The lowest BCUT2D eigenvalue weighted by Crippen LogP contribution is -2.29. The lowest BCUT2D eigenvalue weighted by molar-refractivity contribution is -0.110. The van der Waals surface area contributed by atoms with Gasteiger partial charge in [0.25, 0.3) is 0 Å². The molecule has 0 spiro atoms. The number of allylic oxidation sites excluding steroid dienone is 6. The molecule has 158 valence electrons. The second-order valence-corrected chi connectivity index (χ2v) is 10.5. The largest absolute Gasteiger partial charge is 0.290 e. The number of carbonyl (C=O) groups excluding carboxylic acids is 1. The van der Waals surface area contributed by atoms with Gasteiger partial charge in [-0.15, -0.1) is 0 Å². The topological polar surface area (TPSA) is 17.1 Å². The smallest absolute Gasteiger partial charge is 0.178 e. The quantitative estimate of drug-likeness (QED) is 0.473. The first kappa shape index (κ1) is 23.3. The summed E-state index contributed by atoms with van der Waals surface area (Å²) in [4.78, 5) is 10.3. The van der Waals surface area contributed by atoms with E-state index in [-0.39, 0.29) is 17.0 Å². The van der Waals surface area contributed by atoms with Crippen LogP contribution in [0.1, 0.15) is 66.4 Å². The van der Waals surface area contributed by atoms with Crippen molar-refractivity contribution in [1.82, 2.24) is 0 Å². The van der Waals surface area contributed by atoms with E-state index in [4.69, 9.17) is 0 Å². The number of hydrogen-bond acceptors (Lipinski definition) is 1. The van der Waals surface area contributed by atoms with E-state index in [9.17, 15) is 9.18 Å². The summed E-state index contributed by atoms with van der Waals surface area (Å²) in [5.74, 6) is 1.25. The van der Waals surface area contributed by atoms with Crippen LogP contribution in [0.4, 0.5) is 4.39 Å². The zero-order chi connectivity index (χ0) is 21.7. The first-order valence-corrected chi connectivity index (χ1v) is 10.8. The fourth-order valence-electron chi connectivity index (χ4n) is 3.90. The minimum Gasteiger partial charge on any atom is -0.290 e. The van der Waals surface area contributed by atoms with Gasteiger partial charge in [0.1, 0.15) is 5.82 Å². The molecule has 0 aromatic heterocycles. The van der Waals surface area contributed by atoms with E-state index in [0.29, 0.717) is 17.3 Å². The number of halogens is 1. The molecule has 0 bridgehead atoms. The summed E-state index contributed by atoms with van der Waals surface area (Å²) in [7, 11) is 0. The van der Waals surface area contributed by atoms with Gasteiger partial charge in [0.15, 0.2) is 5.78 Å². The highest BCUT2D eigenvalue weighted by Gasteiger charge is 2.33. The van der Waals surface area contributed by atoms with Gasteiger partial charge in [0.05, 0.1) is 0 Å². The molecule has 0 N–H and O–H groups in total. The predicted octanol–water partition coefficient (Wildman–Crippen LogP) is 7.48. The standard InChI is InChI=1S/C21H31F.C6H6O/c1-20(2,3)17-12-16(13-18(14-17)21(4,5)6)11-15-7-9-19(22)10-8-15;7-6-4-2-1-3-5-6/h7-10,14,16-17H,11-13H2,1-6H3;2-5H,1H2. The fourth-order valence-corrected chi connectivity index (χ4v) is 3.90. The molecule has 29 heavy (non-hydrogen) atoms. The Bertz CT molecular complexity index is 752. The van der Waals surface area contributed by atoms with Crippen LogP contribution in [0.3, 0.4) is 0 Å². The summed E-state index contributed by atoms with van der Waals surface area (Å²) in [5, 5.41) is 0. The lowest BCUT2D eigenvalue weighted by atomic mass is 9.66. The summed E-state index contributed by atoms with van der Waals surface area (Å²) < 4.78 is 13.1. The van der Waals surface area contributed by atoms with Gasteiger partial charge in [0.2, 0.25) is 0 Å². The van der Waals surface area contributed by atoms with E-state index in [0.717, 1.165) is 12.8 Å². The maximum Gasteiger partial charge on any atom is 0.178 e. The van der Waals surface area contributed by atoms with Crippen molar-refractivity contribution in [3.05, 3.63) is 71.6 Å². The molecule has 0 radical (unpaired) electrons. The molecule has 2 atom stereocenters. The molecule has 0 amide bonds. The van der Waals surface area contributed by atoms with Crippen LogP contribution in [-0.4, -0.2) is 5.78 Å². The third kappa shape index (κ3) is 7.76. The van der Waals surface area contributed by atoms with Crippen molar-refractivity contribution in [3.8, 4) is 0 Å². The summed E-state index contributed by atoms with van der Waals surface area (Å²) in [5.41, 5.74) is 3.39. The van der Waals surface area contributed by atoms with E-state index in [2.05, 4.69) is 47.6 Å². The Hall–Kier alpha value is -1.96. The normalized spacial score (nSPS) is 22.0. The van der Waals surface area contributed by atoms with E-state index in [1.54, 1.807) is 29.9 Å². The zero-order valence-corrected chi connectivity index (χ0v) is 19.0. The van der Waals surface area contributed by atoms with Crippen molar-refractivity contribution < 1.29 is 9.18 Å². The van der Waals surface area contributed by atoms with Crippen LogP contribution in [0.15, 0.2) is 60.2 Å². The van der Waals surface area contributed by atoms with Crippen LogP contribution in [0.25, 0.3) is 0 Å². The molecule has 2 aliphatic carbocycles. The summed E-state index contributed by atoms with van der Waals surface area (Å²) >= 11 is 0. The van der Waals surface area contributed by atoms with Crippen molar-refractivity contribution in [1.29, 1.82) is 0 Å². The minimum atomic E-state index is -0.143. The fraction of sp³-hybridized carbons (Fsp3) is 0.519. The lowest BCUT2D eigenvalue weighted by Gasteiger charge is -2.40. The van der Waals surface area contributed by atoms with Crippen LogP contribution in [-0.2, 0) is 11.2 Å². The Kier molecular flexibility index (Phi) is 7.80. The Morgan fingerprint density at radius 2 is 1.55 bits per heavy atom. The van der Waals surface area contributed by atoms with Crippen molar-refractivity contribution in [2.45, 2.75) is 67.2 Å². The van der Waals surface area contributed by atoms with Gasteiger partial charge in [-0.3, -0.25) is 4.79 Å². The van der Waals surface area contributed by atoms with Gasteiger partial charge < -0.3 is 0 Å². The molecule has 2 heteroatoms. The SMILES string of the molecule is CC(C)(C)C1=CC(C(C)(C)C)CC(Cc2ccc(F)cc2)C1.O=C1C=CCC=C1.